The van der Waals surface area contributed by atoms with Gasteiger partial charge in [-0.25, -0.2) is 0 Å². The van der Waals surface area contributed by atoms with Gasteiger partial charge in [0.15, 0.2) is 5.78 Å². The quantitative estimate of drug-likeness (QED) is 0.786. The molecule has 0 unspecified atom stereocenters. The van der Waals surface area contributed by atoms with Gasteiger partial charge in [-0.1, -0.05) is 13.0 Å². The summed E-state index contributed by atoms with van der Waals surface area (Å²) in [5, 5.41) is 0. The lowest BCUT2D eigenvalue weighted by atomic mass is 10.0. The molecule has 0 bridgehead atoms. The molecule has 0 aliphatic carbocycles. The molecule has 0 saturated carbocycles. The first-order valence-electron chi connectivity index (χ1n) is 7.14. The molecule has 0 N–H and O–H groups in total. The molecule has 0 spiro atoms. The van der Waals surface area contributed by atoms with E-state index in [1.165, 1.54) is 6.92 Å². The second-order valence-electron chi connectivity index (χ2n) is 5.75. The molecule has 5 heteroatoms. The van der Waals surface area contributed by atoms with Crippen molar-refractivity contribution in [3.63, 3.8) is 0 Å². The second kappa shape index (κ2) is 6.52. The van der Waals surface area contributed by atoms with E-state index in [-0.39, 0.29) is 17.6 Å². The smallest absolute Gasteiger partial charge is 0.253 e. The highest BCUT2D eigenvalue weighted by Crippen LogP contribution is 2.16. The lowest BCUT2D eigenvalue weighted by Crippen LogP contribution is -2.35. The predicted octanol–water partition coefficient (Wildman–Crippen LogP) is 2.04. The standard InChI is InChI=1S/C16H21NO3S/c1-11-9-17(6-7-21(20)10-11)16(19)14-5-4-12(2)15(8-14)13(3)18/h4-5,8,11H,6-7,9-10H2,1-3H3/t11-,21-/m0/s1. The number of carbonyl (C=O) groups excluding carboxylic acids is 2. The highest BCUT2D eigenvalue weighted by molar-refractivity contribution is 7.85. The van der Waals surface area contributed by atoms with Crippen molar-refractivity contribution < 1.29 is 13.8 Å². The van der Waals surface area contributed by atoms with Crippen LogP contribution in [0.5, 0.6) is 0 Å². The summed E-state index contributed by atoms with van der Waals surface area (Å²) < 4.78 is 11.7. The number of hydrogen-bond acceptors (Lipinski definition) is 3. The minimum Gasteiger partial charge on any atom is -0.337 e. The van der Waals surface area contributed by atoms with Crippen LogP contribution in [0.25, 0.3) is 0 Å². The number of aryl methyl sites for hydroxylation is 1. The number of carbonyl (C=O) groups is 2. The highest BCUT2D eigenvalue weighted by Gasteiger charge is 2.24. The van der Waals surface area contributed by atoms with Gasteiger partial charge in [0.25, 0.3) is 5.91 Å². The summed E-state index contributed by atoms with van der Waals surface area (Å²) in [6.07, 6.45) is 0. The molecule has 21 heavy (non-hydrogen) atoms. The molecule has 1 fully saturated rings. The maximum atomic E-state index is 12.6. The van der Waals surface area contributed by atoms with Gasteiger partial charge in [0.05, 0.1) is 0 Å². The molecule has 1 aliphatic rings. The van der Waals surface area contributed by atoms with Gasteiger partial charge in [-0.3, -0.25) is 13.8 Å². The number of benzene rings is 1. The largest absolute Gasteiger partial charge is 0.337 e. The Morgan fingerprint density at radius 2 is 2.05 bits per heavy atom. The summed E-state index contributed by atoms with van der Waals surface area (Å²) in [4.78, 5) is 26.0. The molecule has 1 aromatic rings. The van der Waals surface area contributed by atoms with E-state index in [0.717, 1.165) is 5.56 Å². The molecular weight excluding hydrogens is 286 g/mol. The van der Waals surface area contributed by atoms with Gasteiger partial charge in [0.1, 0.15) is 0 Å². The zero-order valence-electron chi connectivity index (χ0n) is 12.7. The van der Waals surface area contributed by atoms with Crippen molar-refractivity contribution >= 4 is 22.5 Å². The van der Waals surface area contributed by atoms with E-state index in [0.29, 0.717) is 35.7 Å². The van der Waals surface area contributed by atoms with Crippen LogP contribution in [-0.2, 0) is 10.8 Å². The first-order valence-corrected chi connectivity index (χ1v) is 8.63. The molecule has 1 heterocycles. The van der Waals surface area contributed by atoms with E-state index in [4.69, 9.17) is 0 Å². The third-order valence-electron chi connectivity index (χ3n) is 3.74. The van der Waals surface area contributed by atoms with Gasteiger partial charge in [-0.2, -0.15) is 0 Å². The Balaban J connectivity index is 2.25. The van der Waals surface area contributed by atoms with Crippen LogP contribution in [0.2, 0.25) is 0 Å². The number of amides is 1. The van der Waals surface area contributed by atoms with Crippen LogP contribution in [0.1, 0.15) is 40.1 Å². The summed E-state index contributed by atoms with van der Waals surface area (Å²) in [5.74, 6) is 1.29. The highest BCUT2D eigenvalue weighted by atomic mass is 32.2. The van der Waals surface area contributed by atoms with Crippen LogP contribution in [0.4, 0.5) is 0 Å². The number of ketones is 1. The van der Waals surface area contributed by atoms with Crippen molar-refractivity contribution in [1.82, 2.24) is 4.90 Å². The van der Waals surface area contributed by atoms with Gasteiger partial charge in [-0.15, -0.1) is 0 Å². The Morgan fingerprint density at radius 1 is 1.33 bits per heavy atom. The molecule has 0 radical (unpaired) electrons. The van der Waals surface area contributed by atoms with Crippen LogP contribution in [0, 0.1) is 12.8 Å². The van der Waals surface area contributed by atoms with Crippen LogP contribution in [0.3, 0.4) is 0 Å². The zero-order valence-corrected chi connectivity index (χ0v) is 13.5. The average Bonchev–Trinajstić information content (AvgIpc) is 2.59. The maximum Gasteiger partial charge on any atom is 0.253 e. The van der Waals surface area contributed by atoms with Crippen molar-refractivity contribution in [2.45, 2.75) is 20.8 Å². The van der Waals surface area contributed by atoms with E-state index in [1.807, 2.05) is 19.9 Å². The lowest BCUT2D eigenvalue weighted by molar-refractivity contribution is 0.0751. The van der Waals surface area contributed by atoms with E-state index in [2.05, 4.69) is 0 Å². The van der Waals surface area contributed by atoms with Crippen LogP contribution in [0.15, 0.2) is 18.2 Å². The summed E-state index contributed by atoms with van der Waals surface area (Å²) in [6, 6.07) is 5.24. The van der Waals surface area contributed by atoms with E-state index < -0.39 is 10.8 Å². The molecule has 2 rings (SSSR count). The Morgan fingerprint density at radius 3 is 2.71 bits per heavy atom. The van der Waals surface area contributed by atoms with Crippen LogP contribution in [-0.4, -0.2) is 45.4 Å². The summed E-state index contributed by atoms with van der Waals surface area (Å²) in [7, 11) is -0.845. The van der Waals surface area contributed by atoms with E-state index in [9.17, 15) is 13.8 Å². The molecule has 1 saturated heterocycles. The van der Waals surface area contributed by atoms with Gasteiger partial charge >= 0.3 is 0 Å². The first kappa shape index (κ1) is 15.9. The maximum absolute atomic E-state index is 12.6. The normalized spacial score (nSPS) is 22.7. The summed E-state index contributed by atoms with van der Waals surface area (Å²) in [5.41, 5.74) is 2.00. The lowest BCUT2D eigenvalue weighted by Gasteiger charge is -2.22. The first-order chi connectivity index (χ1) is 9.88. The van der Waals surface area contributed by atoms with Gasteiger partial charge in [0, 0.05) is 46.5 Å². The second-order valence-corrected chi connectivity index (χ2v) is 7.37. The van der Waals surface area contributed by atoms with Crippen LogP contribution >= 0.6 is 0 Å². The fourth-order valence-electron chi connectivity index (χ4n) is 2.63. The monoisotopic (exact) mass is 307 g/mol. The average molecular weight is 307 g/mol. The Kier molecular flexibility index (Phi) is 4.93. The van der Waals surface area contributed by atoms with Crippen molar-refractivity contribution in [2.75, 3.05) is 24.6 Å². The Bertz CT molecular complexity index is 597. The van der Waals surface area contributed by atoms with Crippen molar-refractivity contribution in [3.8, 4) is 0 Å². The number of hydrogen-bond donors (Lipinski definition) is 0. The zero-order chi connectivity index (χ0) is 15.6. The van der Waals surface area contributed by atoms with Gasteiger partial charge < -0.3 is 4.90 Å². The Labute approximate surface area is 128 Å². The fourth-order valence-corrected chi connectivity index (χ4v) is 3.97. The third-order valence-corrected chi connectivity index (χ3v) is 5.32. The summed E-state index contributed by atoms with van der Waals surface area (Å²) >= 11 is 0. The van der Waals surface area contributed by atoms with Crippen molar-refractivity contribution in [3.05, 3.63) is 34.9 Å². The topological polar surface area (TPSA) is 54.5 Å². The van der Waals surface area contributed by atoms with Gasteiger partial charge in [0.2, 0.25) is 0 Å². The molecule has 114 valence electrons. The van der Waals surface area contributed by atoms with Crippen LogP contribution < -0.4 is 0 Å². The van der Waals surface area contributed by atoms with Crippen molar-refractivity contribution in [1.29, 1.82) is 0 Å². The molecule has 1 amide bonds. The molecule has 4 nitrogen and oxygen atoms in total. The minimum absolute atomic E-state index is 0.0347. The summed E-state index contributed by atoms with van der Waals surface area (Å²) in [6.45, 7) is 6.52. The number of nitrogens with zero attached hydrogens (tertiary/aromatic N) is 1. The SMILES string of the molecule is CC(=O)c1cc(C(=O)N2CC[S@](=O)C[C@@H](C)C2)ccc1C. The van der Waals surface area contributed by atoms with Gasteiger partial charge in [-0.05, 0) is 37.5 Å². The minimum atomic E-state index is -0.845. The predicted molar refractivity (Wildman–Crippen MR) is 84.1 cm³/mol. The fraction of sp³-hybridized carbons (Fsp3) is 0.500. The molecule has 0 aromatic heterocycles. The Hall–Kier alpha value is -1.49. The number of rotatable bonds is 2. The molecule has 2 atom stereocenters. The molecule has 1 aliphatic heterocycles. The van der Waals surface area contributed by atoms with E-state index in [1.54, 1.807) is 17.0 Å². The third kappa shape index (κ3) is 3.79. The number of Topliss-reactive ketones (excluding diaryl/α,β-unsaturated/α-hetero) is 1. The van der Waals surface area contributed by atoms with E-state index >= 15 is 0 Å². The van der Waals surface area contributed by atoms with Crippen molar-refractivity contribution in [2.24, 2.45) is 5.92 Å². The molecule has 1 aromatic carbocycles. The molecular formula is C16H21NO3S.